The molecule has 0 unspecified atom stereocenters. The molecule has 0 aromatic carbocycles. The fourth-order valence-electron chi connectivity index (χ4n) is 2.71. The Balaban J connectivity index is 1.84. The van der Waals surface area contributed by atoms with Crippen LogP contribution in [0.4, 0.5) is 0 Å². The number of nitrogens with one attached hydrogen (secondary N) is 1. The van der Waals surface area contributed by atoms with Gasteiger partial charge < -0.3 is 9.73 Å². The summed E-state index contributed by atoms with van der Waals surface area (Å²) in [5, 5.41) is 12.5. The molecule has 1 heterocycles. The van der Waals surface area contributed by atoms with E-state index >= 15 is 0 Å². The quantitative estimate of drug-likeness (QED) is 0.900. The van der Waals surface area contributed by atoms with Crippen molar-refractivity contribution in [3.05, 3.63) is 23.7 Å². The highest BCUT2D eigenvalue weighted by Crippen LogP contribution is 2.27. The van der Waals surface area contributed by atoms with Crippen LogP contribution in [0.1, 0.15) is 51.1 Å². The normalized spacial score (nSPS) is 24.1. The third kappa shape index (κ3) is 3.61. The smallest absolute Gasteiger partial charge is 0.111 e. The predicted molar refractivity (Wildman–Crippen MR) is 75.8 cm³/mol. The molecule has 19 heavy (non-hydrogen) atoms. The van der Waals surface area contributed by atoms with Gasteiger partial charge in [0, 0.05) is 23.9 Å². The molecule has 0 aliphatic heterocycles. The van der Waals surface area contributed by atoms with Crippen LogP contribution in [0.2, 0.25) is 0 Å². The van der Waals surface area contributed by atoms with E-state index in [9.17, 15) is 0 Å². The van der Waals surface area contributed by atoms with Crippen LogP contribution in [-0.2, 0) is 5.41 Å². The van der Waals surface area contributed by atoms with Gasteiger partial charge in [-0.2, -0.15) is 5.26 Å². The molecule has 1 fully saturated rings. The topological polar surface area (TPSA) is 49.0 Å². The van der Waals surface area contributed by atoms with Crippen LogP contribution in [0.15, 0.2) is 16.5 Å². The minimum Gasteiger partial charge on any atom is -0.466 e. The first-order chi connectivity index (χ1) is 9.01. The summed E-state index contributed by atoms with van der Waals surface area (Å²) in [6, 6.07) is 7.03. The lowest BCUT2D eigenvalue weighted by atomic mass is 9.85. The van der Waals surface area contributed by atoms with E-state index in [1.165, 1.54) is 0 Å². The highest BCUT2D eigenvalue weighted by atomic mass is 16.3. The Morgan fingerprint density at radius 3 is 2.53 bits per heavy atom. The van der Waals surface area contributed by atoms with E-state index < -0.39 is 0 Å². The van der Waals surface area contributed by atoms with Crippen molar-refractivity contribution < 1.29 is 4.42 Å². The third-order valence-corrected chi connectivity index (χ3v) is 4.15. The highest BCUT2D eigenvalue weighted by Gasteiger charge is 2.27. The van der Waals surface area contributed by atoms with Crippen molar-refractivity contribution in [2.24, 2.45) is 5.92 Å². The van der Waals surface area contributed by atoms with Crippen LogP contribution in [0, 0.1) is 24.2 Å². The van der Waals surface area contributed by atoms with Gasteiger partial charge in [-0.3, -0.25) is 0 Å². The number of hydrogen-bond donors (Lipinski definition) is 1. The molecule has 2 rings (SSSR count). The lowest BCUT2D eigenvalue weighted by Gasteiger charge is -2.30. The van der Waals surface area contributed by atoms with Crippen LogP contribution in [0.5, 0.6) is 0 Å². The molecule has 3 nitrogen and oxygen atoms in total. The first kappa shape index (κ1) is 14.1. The summed E-state index contributed by atoms with van der Waals surface area (Å²) in [4.78, 5) is 0. The fourth-order valence-corrected chi connectivity index (χ4v) is 2.71. The molecular formula is C16H24N2O. The fraction of sp³-hybridized carbons (Fsp3) is 0.688. The molecule has 0 amide bonds. The van der Waals surface area contributed by atoms with E-state index in [1.807, 2.05) is 13.0 Å². The average Bonchev–Trinajstić information content (AvgIpc) is 2.85. The van der Waals surface area contributed by atoms with E-state index in [0.717, 1.165) is 43.7 Å². The Bertz CT molecular complexity index is 448. The molecular weight excluding hydrogens is 236 g/mol. The van der Waals surface area contributed by atoms with Gasteiger partial charge in [-0.1, -0.05) is 13.8 Å². The van der Waals surface area contributed by atoms with Crippen molar-refractivity contribution in [2.75, 3.05) is 6.54 Å². The molecule has 1 saturated carbocycles. The second-order valence-electron chi connectivity index (χ2n) is 6.35. The standard InChI is InChI=1S/C16H24N2O/c1-12-4-9-15(19-12)16(2,3)11-18-14-7-5-13(10-17)6-8-14/h4,9,13-14,18H,5-8,11H2,1-3H3. The molecule has 0 bridgehead atoms. The predicted octanol–water partition coefficient (Wildman–Crippen LogP) is 3.54. The maximum Gasteiger partial charge on any atom is 0.111 e. The Hall–Kier alpha value is -1.27. The van der Waals surface area contributed by atoms with E-state index in [4.69, 9.17) is 9.68 Å². The molecule has 3 heteroatoms. The minimum atomic E-state index is 0.0142. The van der Waals surface area contributed by atoms with Crippen LogP contribution in [-0.4, -0.2) is 12.6 Å². The number of hydrogen-bond acceptors (Lipinski definition) is 3. The highest BCUT2D eigenvalue weighted by molar-refractivity contribution is 5.15. The van der Waals surface area contributed by atoms with Gasteiger partial charge in [-0.25, -0.2) is 0 Å². The van der Waals surface area contributed by atoms with Gasteiger partial charge in [0.25, 0.3) is 0 Å². The van der Waals surface area contributed by atoms with Crippen LogP contribution in [0.25, 0.3) is 0 Å². The van der Waals surface area contributed by atoms with Gasteiger partial charge in [0.15, 0.2) is 0 Å². The van der Waals surface area contributed by atoms with Crippen molar-refractivity contribution in [1.82, 2.24) is 5.32 Å². The zero-order valence-corrected chi connectivity index (χ0v) is 12.2. The summed E-state index contributed by atoms with van der Waals surface area (Å²) in [6.45, 7) is 7.32. The molecule has 1 aliphatic carbocycles. The molecule has 0 spiro atoms. The number of nitrogens with zero attached hydrogens (tertiary/aromatic N) is 1. The van der Waals surface area contributed by atoms with Crippen molar-refractivity contribution in [3.8, 4) is 6.07 Å². The number of rotatable bonds is 4. The summed E-state index contributed by atoms with van der Waals surface area (Å²) >= 11 is 0. The first-order valence-corrected chi connectivity index (χ1v) is 7.21. The Labute approximate surface area is 116 Å². The Kier molecular flexibility index (Phi) is 4.31. The summed E-state index contributed by atoms with van der Waals surface area (Å²) in [5.41, 5.74) is 0.0142. The van der Waals surface area contributed by atoms with Crippen LogP contribution < -0.4 is 5.32 Å². The van der Waals surface area contributed by atoms with Crippen LogP contribution >= 0.6 is 0 Å². The van der Waals surface area contributed by atoms with E-state index in [-0.39, 0.29) is 11.3 Å². The molecule has 1 aliphatic rings. The van der Waals surface area contributed by atoms with E-state index in [2.05, 4.69) is 31.3 Å². The number of nitriles is 1. The zero-order chi connectivity index (χ0) is 13.9. The van der Waals surface area contributed by atoms with E-state index in [1.54, 1.807) is 0 Å². The van der Waals surface area contributed by atoms with Gasteiger partial charge in [-0.15, -0.1) is 0 Å². The molecule has 104 valence electrons. The zero-order valence-electron chi connectivity index (χ0n) is 12.2. The summed E-state index contributed by atoms with van der Waals surface area (Å²) in [7, 11) is 0. The second kappa shape index (κ2) is 5.79. The monoisotopic (exact) mass is 260 g/mol. The van der Waals surface area contributed by atoms with Gasteiger partial charge >= 0.3 is 0 Å². The van der Waals surface area contributed by atoms with Gasteiger partial charge in [0.1, 0.15) is 11.5 Å². The van der Waals surface area contributed by atoms with Crippen LogP contribution in [0.3, 0.4) is 0 Å². The Morgan fingerprint density at radius 1 is 1.32 bits per heavy atom. The average molecular weight is 260 g/mol. The summed E-state index contributed by atoms with van der Waals surface area (Å²) in [6.07, 6.45) is 4.31. The van der Waals surface area contributed by atoms with Crippen molar-refractivity contribution >= 4 is 0 Å². The molecule has 0 radical (unpaired) electrons. The van der Waals surface area contributed by atoms with Crippen molar-refractivity contribution in [1.29, 1.82) is 5.26 Å². The first-order valence-electron chi connectivity index (χ1n) is 7.21. The second-order valence-corrected chi connectivity index (χ2v) is 6.35. The molecule has 0 atom stereocenters. The number of aryl methyl sites for hydroxylation is 1. The molecule has 1 aromatic heterocycles. The van der Waals surface area contributed by atoms with E-state index in [0.29, 0.717) is 6.04 Å². The van der Waals surface area contributed by atoms with Crippen molar-refractivity contribution in [2.45, 2.75) is 57.9 Å². The van der Waals surface area contributed by atoms with Gasteiger partial charge in [-0.05, 0) is 44.7 Å². The Morgan fingerprint density at radius 2 is 2.00 bits per heavy atom. The largest absolute Gasteiger partial charge is 0.466 e. The lowest BCUT2D eigenvalue weighted by Crippen LogP contribution is -2.40. The van der Waals surface area contributed by atoms with Gasteiger partial charge in [0.05, 0.1) is 6.07 Å². The SMILES string of the molecule is Cc1ccc(C(C)(C)CNC2CCC(C#N)CC2)o1. The lowest BCUT2D eigenvalue weighted by molar-refractivity contribution is 0.292. The maximum absolute atomic E-state index is 8.90. The summed E-state index contributed by atoms with van der Waals surface area (Å²) < 4.78 is 5.74. The summed E-state index contributed by atoms with van der Waals surface area (Å²) in [5.74, 6) is 2.29. The third-order valence-electron chi connectivity index (χ3n) is 4.15. The number of furan rings is 1. The minimum absolute atomic E-state index is 0.0142. The molecule has 1 N–H and O–H groups in total. The van der Waals surface area contributed by atoms with Crippen molar-refractivity contribution in [3.63, 3.8) is 0 Å². The molecule has 0 saturated heterocycles. The molecule has 1 aromatic rings. The van der Waals surface area contributed by atoms with Gasteiger partial charge in [0.2, 0.25) is 0 Å². The maximum atomic E-state index is 8.90.